The highest BCUT2D eigenvalue weighted by Gasteiger charge is 2.21. The molecule has 0 fully saturated rings. The maximum atomic E-state index is 6.17. The van der Waals surface area contributed by atoms with E-state index >= 15 is 0 Å². The van der Waals surface area contributed by atoms with Gasteiger partial charge in [-0.3, -0.25) is 0 Å². The van der Waals surface area contributed by atoms with Gasteiger partial charge in [0.15, 0.2) is 11.6 Å². The van der Waals surface area contributed by atoms with Crippen LogP contribution in [0.1, 0.15) is 0 Å². The van der Waals surface area contributed by atoms with Crippen molar-refractivity contribution in [2.75, 3.05) is 0 Å². The van der Waals surface area contributed by atoms with Crippen LogP contribution in [0.25, 0.3) is 233 Å². The molecule has 9 heteroatoms. The van der Waals surface area contributed by atoms with E-state index in [9.17, 15) is 0 Å². The van der Waals surface area contributed by atoms with Crippen molar-refractivity contribution in [2.24, 2.45) is 0 Å². The molecular weight excluding hydrogens is 1500 g/mol. The zero-order valence-electron chi connectivity index (χ0n) is 66.5. The van der Waals surface area contributed by atoms with Crippen LogP contribution in [0.5, 0.6) is 0 Å². The Morgan fingerprint density at radius 1 is 0.138 bits per heavy atom. The molecule has 123 heavy (non-hydrogen) atoms. The van der Waals surface area contributed by atoms with Gasteiger partial charge in [-0.15, -0.1) is 0 Å². The SMILES string of the molecule is c1ccc(-c2nc(-c3ccccc3)c3cc(-c4cccc(-c5ccc6c(c5)oc5ccccc56)c4)ccc3n2)cc1.c1ccc(-c2nc(-c3ccccc3)c3ccc(-c4cccc(-c5ccc6c(c5)oc5ccccc56)c4)cc3n2)cc1.c1ccc(-c2nc3cccc(-c4cccc(-c5ccc6c(c5)oc5ccccc56)c4)c3nc2-c2ccccc2)cc1. The number of hydrogen-bond donors (Lipinski definition) is 0. The van der Waals surface area contributed by atoms with Crippen LogP contribution in [0.3, 0.4) is 0 Å². The van der Waals surface area contributed by atoms with Crippen LogP contribution in [0.4, 0.5) is 0 Å². The van der Waals surface area contributed by atoms with E-state index in [-0.39, 0.29) is 0 Å². The van der Waals surface area contributed by atoms with Crippen LogP contribution >= 0.6 is 0 Å². The lowest BCUT2D eigenvalue weighted by molar-refractivity contribution is 0.668. The third kappa shape index (κ3) is 14.2. The molecule has 0 saturated heterocycles. The Labute approximate surface area is 708 Å². The normalized spacial score (nSPS) is 11.4. The van der Waals surface area contributed by atoms with Crippen molar-refractivity contribution in [1.82, 2.24) is 29.9 Å². The molecule has 24 aromatic rings. The fraction of sp³-hybridized carbons (Fsp3) is 0. The number of furan rings is 3. The summed E-state index contributed by atoms with van der Waals surface area (Å²) in [5.74, 6) is 1.45. The van der Waals surface area contributed by atoms with Gasteiger partial charge in [0, 0.05) is 82.0 Å². The molecule has 0 bridgehead atoms. The third-order valence-electron chi connectivity index (χ3n) is 23.0. The first-order chi connectivity index (χ1) is 60.9. The highest BCUT2D eigenvalue weighted by molar-refractivity contribution is 6.09. The molecule has 576 valence electrons. The fourth-order valence-electron chi connectivity index (χ4n) is 16.9. The zero-order valence-corrected chi connectivity index (χ0v) is 66.5. The van der Waals surface area contributed by atoms with Crippen LogP contribution < -0.4 is 0 Å². The van der Waals surface area contributed by atoms with E-state index < -0.39 is 0 Å². The average Bonchev–Trinajstić information content (AvgIpc) is 1.50. The fourth-order valence-corrected chi connectivity index (χ4v) is 16.9. The van der Waals surface area contributed by atoms with E-state index in [1.54, 1.807) is 0 Å². The minimum absolute atomic E-state index is 0.724. The minimum Gasteiger partial charge on any atom is -0.456 e. The largest absolute Gasteiger partial charge is 0.456 e. The summed E-state index contributed by atoms with van der Waals surface area (Å²) in [6, 6.07) is 151. The molecule has 0 spiro atoms. The van der Waals surface area contributed by atoms with E-state index in [1.807, 2.05) is 146 Å². The summed E-state index contributed by atoms with van der Waals surface area (Å²) in [4.78, 5) is 30.5. The van der Waals surface area contributed by atoms with Gasteiger partial charge < -0.3 is 13.3 Å². The number of aromatic nitrogens is 6. The highest BCUT2D eigenvalue weighted by atomic mass is 16.3. The van der Waals surface area contributed by atoms with Crippen molar-refractivity contribution in [3.63, 3.8) is 0 Å². The lowest BCUT2D eigenvalue weighted by atomic mass is 9.96. The third-order valence-corrected chi connectivity index (χ3v) is 23.0. The maximum absolute atomic E-state index is 6.17. The predicted molar refractivity (Wildman–Crippen MR) is 506 cm³/mol. The molecule has 6 aromatic heterocycles. The molecule has 0 saturated carbocycles. The van der Waals surface area contributed by atoms with Gasteiger partial charge >= 0.3 is 0 Å². The van der Waals surface area contributed by atoms with Gasteiger partial charge in [-0.1, -0.05) is 334 Å². The molecule has 6 heterocycles. The van der Waals surface area contributed by atoms with E-state index in [4.69, 9.17) is 43.2 Å². The highest BCUT2D eigenvalue weighted by Crippen LogP contribution is 2.43. The molecule has 0 amide bonds. The Hall–Kier alpha value is -16.6. The Morgan fingerprint density at radius 2 is 0.439 bits per heavy atom. The predicted octanol–water partition coefficient (Wildman–Crippen LogP) is 30.6. The number of nitrogens with zero attached hydrogens (tertiary/aromatic N) is 6. The van der Waals surface area contributed by atoms with Gasteiger partial charge in [0.05, 0.1) is 44.8 Å². The minimum atomic E-state index is 0.724. The number of rotatable bonds is 12. The van der Waals surface area contributed by atoms with Crippen molar-refractivity contribution in [1.29, 1.82) is 0 Å². The molecule has 0 aliphatic heterocycles. The molecule has 18 aromatic carbocycles. The van der Waals surface area contributed by atoms with Crippen molar-refractivity contribution in [3.8, 4) is 135 Å². The van der Waals surface area contributed by atoms with Gasteiger partial charge in [0.25, 0.3) is 0 Å². The Bertz CT molecular complexity index is 8110. The van der Waals surface area contributed by atoms with Gasteiger partial charge in [-0.25, -0.2) is 29.9 Å². The molecule has 24 rings (SSSR count). The van der Waals surface area contributed by atoms with E-state index in [2.05, 4.69) is 291 Å². The summed E-state index contributed by atoms with van der Waals surface area (Å²) in [5, 5.41) is 8.90. The number of para-hydroxylation sites is 4. The quantitative estimate of drug-likeness (QED) is 0.118. The summed E-state index contributed by atoms with van der Waals surface area (Å²) < 4.78 is 18.5. The van der Waals surface area contributed by atoms with Crippen molar-refractivity contribution in [3.05, 3.63) is 437 Å². The van der Waals surface area contributed by atoms with E-state index in [0.29, 0.717) is 0 Å². The number of fused-ring (bicyclic) bond motifs is 12. The summed E-state index contributed by atoms with van der Waals surface area (Å²) in [6.45, 7) is 0. The Morgan fingerprint density at radius 3 is 0.878 bits per heavy atom. The molecule has 0 aliphatic rings. The molecule has 9 nitrogen and oxygen atoms in total. The first-order valence-corrected chi connectivity index (χ1v) is 41.3. The second-order valence-corrected chi connectivity index (χ2v) is 30.7. The number of hydrogen-bond acceptors (Lipinski definition) is 9. The summed E-state index contributed by atoms with van der Waals surface area (Å²) in [7, 11) is 0. The molecule has 0 atom stereocenters. The van der Waals surface area contributed by atoms with Gasteiger partial charge in [0.2, 0.25) is 0 Å². The van der Waals surface area contributed by atoms with Gasteiger partial charge in [0.1, 0.15) is 33.5 Å². The van der Waals surface area contributed by atoms with Crippen molar-refractivity contribution in [2.45, 2.75) is 0 Å². The molecule has 0 N–H and O–H groups in total. The second-order valence-electron chi connectivity index (χ2n) is 30.7. The van der Waals surface area contributed by atoms with E-state index in [1.165, 1.54) is 0 Å². The first-order valence-electron chi connectivity index (χ1n) is 41.3. The van der Waals surface area contributed by atoms with E-state index in [0.717, 1.165) is 233 Å². The molecular formula is C114H72N6O3. The first kappa shape index (κ1) is 72.8. The lowest BCUT2D eigenvalue weighted by Gasteiger charge is -2.13. The smallest absolute Gasteiger partial charge is 0.160 e. The maximum Gasteiger partial charge on any atom is 0.160 e. The van der Waals surface area contributed by atoms with Crippen LogP contribution in [0.15, 0.2) is 450 Å². The summed E-state index contributed by atoms with van der Waals surface area (Å²) in [5.41, 5.74) is 32.3. The standard InChI is InChI=1S/3C38H24N2O/c1-3-11-25(12-4-1)36-37(26-13-5-2-6-14-26)40-38-30(18-10-19-33(38)39-36)29-16-9-15-27(23-29)28-21-22-32-31-17-7-8-20-34(31)41-35(32)24-28;1-3-10-25(11-4-1)37-33-23-29(19-21-34(33)39-38(40-37)26-12-5-2-6-13-26)27-14-9-15-28(22-27)30-18-20-32-31-16-7-8-17-35(31)41-36(32)24-30;1-3-10-25(11-4-1)37-33-21-19-29(23-34(33)39-38(40-37)26-12-5-2-6-13-26)27-14-9-15-28(22-27)30-18-20-32-31-16-7-8-17-35(31)41-36(32)24-30/h3*1-24H. The summed E-state index contributed by atoms with van der Waals surface area (Å²) >= 11 is 0. The summed E-state index contributed by atoms with van der Waals surface area (Å²) in [6.07, 6.45) is 0. The zero-order chi connectivity index (χ0) is 81.5. The molecule has 0 aliphatic carbocycles. The van der Waals surface area contributed by atoms with Crippen LogP contribution in [0, 0.1) is 0 Å². The Kier molecular flexibility index (Phi) is 18.8. The lowest BCUT2D eigenvalue weighted by Crippen LogP contribution is -1.97. The monoisotopic (exact) mass is 1570 g/mol. The van der Waals surface area contributed by atoms with Crippen molar-refractivity contribution >= 4 is 98.7 Å². The molecule has 0 unspecified atom stereocenters. The number of benzene rings is 18. The second kappa shape index (κ2) is 31.7. The average molecular weight is 1570 g/mol. The topological polar surface area (TPSA) is 117 Å². The van der Waals surface area contributed by atoms with Crippen LogP contribution in [0.2, 0.25) is 0 Å². The van der Waals surface area contributed by atoms with Crippen molar-refractivity contribution < 1.29 is 13.3 Å². The van der Waals surface area contributed by atoms with Gasteiger partial charge in [-0.05, 0) is 164 Å². The van der Waals surface area contributed by atoms with Crippen LogP contribution in [-0.4, -0.2) is 29.9 Å². The molecule has 0 radical (unpaired) electrons. The van der Waals surface area contributed by atoms with Gasteiger partial charge in [-0.2, -0.15) is 0 Å². The Balaban J connectivity index is 0.000000110. The van der Waals surface area contributed by atoms with Crippen LogP contribution in [-0.2, 0) is 0 Å².